The molecule has 0 radical (unpaired) electrons. The summed E-state index contributed by atoms with van der Waals surface area (Å²) < 4.78 is 32.4. The van der Waals surface area contributed by atoms with Gasteiger partial charge in [-0.2, -0.15) is 4.98 Å². The Bertz CT molecular complexity index is 679. The van der Waals surface area contributed by atoms with Crippen molar-refractivity contribution < 1.29 is 13.2 Å². The van der Waals surface area contributed by atoms with Crippen LogP contribution in [0.2, 0.25) is 0 Å². The number of halogens is 1. The van der Waals surface area contributed by atoms with Crippen molar-refractivity contribution in [2.45, 2.75) is 18.7 Å². The van der Waals surface area contributed by atoms with Gasteiger partial charge in [0.25, 0.3) is 10.0 Å². The van der Waals surface area contributed by atoms with Crippen LogP contribution < -0.4 is 9.46 Å². The largest absolute Gasteiger partial charge is 0.463 e. The normalized spacial score (nSPS) is 11.5. The molecule has 2 rings (SSSR count). The molecule has 19 heavy (non-hydrogen) atoms. The molecule has 2 N–H and O–H groups in total. The Balaban J connectivity index is 2.23. The molecule has 2 aromatic heterocycles. The Morgan fingerprint density at radius 2 is 2.32 bits per heavy atom. The number of sulfonamides is 1. The highest BCUT2D eigenvalue weighted by Crippen LogP contribution is 2.30. The minimum absolute atomic E-state index is 0.0187. The van der Waals surface area contributed by atoms with Crippen molar-refractivity contribution in [1.82, 2.24) is 15.2 Å². The number of nitrogens with one attached hydrogen (secondary N) is 2. The second-order valence-corrected chi connectivity index (χ2v) is 7.76. The Hall–Kier alpha value is -1.13. The summed E-state index contributed by atoms with van der Waals surface area (Å²) in [5.41, 5.74) is 0. The molecule has 0 aliphatic carbocycles. The molecule has 0 aromatic carbocycles. The zero-order valence-electron chi connectivity index (χ0n) is 10.1. The first kappa shape index (κ1) is 14.3. The predicted molar refractivity (Wildman–Crippen MR) is 75.1 cm³/mol. The third-order valence-electron chi connectivity index (χ3n) is 2.10. The fourth-order valence-electron chi connectivity index (χ4n) is 1.37. The number of rotatable bonds is 5. The molecule has 0 saturated carbocycles. The molecule has 2 aromatic rings. The summed E-state index contributed by atoms with van der Waals surface area (Å²) >= 11 is 4.60. The maximum Gasteiger partial charge on any atom is 0.337 e. The highest BCUT2D eigenvalue weighted by Gasteiger charge is 2.21. The van der Waals surface area contributed by atoms with Gasteiger partial charge in [0.1, 0.15) is 4.90 Å². The summed E-state index contributed by atoms with van der Waals surface area (Å²) in [6.45, 7) is 3.92. The first-order valence-electron chi connectivity index (χ1n) is 5.26. The fraction of sp³-hybridized carbons (Fsp3) is 0.333. The monoisotopic (exact) mass is 366 g/mol. The average molecular weight is 367 g/mol. The van der Waals surface area contributed by atoms with E-state index in [1.165, 1.54) is 11.3 Å². The quantitative estimate of drug-likeness (QED) is 0.844. The van der Waals surface area contributed by atoms with Crippen LogP contribution in [0.5, 0.6) is 6.01 Å². The number of ether oxygens (including phenoxy) is 1. The van der Waals surface area contributed by atoms with Crippen LogP contribution in [0.15, 0.2) is 14.7 Å². The van der Waals surface area contributed by atoms with Crippen LogP contribution in [-0.4, -0.2) is 30.2 Å². The van der Waals surface area contributed by atoms with E-state index in [0.717, 1.165) is 3.79 Å². The van der Waals surface area contributed by atoms with Crippen LogP contribution in [0, 0.1) is 6.92 Å². The smallest absolute Gasteiger partial charge is 0.337 e. The van der Waals surface area contributed by atoms with Gasteiger partial charge in [0.15, 0.2) is 0 Å². The number of aryl methyl sites for hydroxylation is 1. The van der Waals surface area contributed by atoms with Gasteiger partial charge in [-0.15, -0.1) is 16.4 Å². The van der Waals surface area contributed by atoms with E-state index < -0.39 is 10.0 Å². The van der Waals surface area contributed by atoms with Gasteiger partial charge in [0.2, 0.25) is 5.95 Å². The van der Waals surface area contributed by atoms with Gasteiger partial charge in [0, 0.05) is 4.88 Å². The lowest BCUT2D eigenvalue weighted by molar-refractivity contribution is 0.314. The van der Waals surface area contributed by atoms with E-state index in [4.69, 9.17) is 4.74 Å². The lowest BCUT2D eigenvalue weighted by Gasteiger charge is -2.03. The van der Waals surface area contributed by atoms with Crippen LogP contribution in [0.1, 0.15) is 11.8 Å². The topological polar surface area (TPSA) is 97.0 Å². The first-order chi connectivity index (χ1) is 8.92. The van der Waals surface area contributed by atoms with E-state index in [2.05, 4.69) is 35.8 Å². The van der Waals surface area contributed by atoms with Gasteiger partial charge in [-0.25, -0.2) is 18.2 Å². The lowest BCUT2D eigenvalue weighted by Crippen LogP contribution is -2.14. The fourth-order valence-corrected chi connectivity index (χ4v) is 4.74. The molecule has 10 heteroatoms. The van der Waals surface area contributed by atoms with E-state index in [0.29, 0.717) is 11.5 Å². The number of aromatic amines is 1. The molecule has 0 amide bonds. The minimum Gasteiger partial charge on any atom is -0.463 e. The number of aromatic nitrogens is 3. The lowest BCUT2D eigenvalue weighted by atomic mass is 10.5. The second-order valence-electron chi connectivity index (χ2n) is 3.48. The summed E-state index contributed by atoms with van der Waals surface area (Å²) in [5, 5.41) is 6.18. The molecule has 0 unspecified atom stereocenters. The third kappa shape index (κ3) is 3.25. The zero-order valence-corrected chi connectivity index (χ0v) is 13.3. The number of H-pyrrole nitrogens is 1. The van der Waals surface area contributed by atoms with Crippen molar-refractivity contribution in [2.24, 2.45) is 0 Å². The van der Waals surface area contributed by atoms with Gasteiger partial charge >= 0.3 is 6.01 Å². The Labute approximate surface area is 122 Å². The number of hydrogen-bond acceptors (Lipinski definition) is 6. The molecule has 7 nitrogen and oxygen atoms in total. The van der Waals surface area contributed by atoms with Gasteiger partial charge in [-0.1, -0.05) is 0 Å². The van der Waals surface area contributed by atoms with Crippen LogP contribution in [0.25, 0.3) is 0 Å². The van der Waals surface area contributed by atoms with Crippen LogP contribution in [0.3, 0.4) is 0 Å². The van der Waals surface area contributed by atoms with Gasteiger partial charge in [-0.3, -0.25) is 0 Å². The third-order valence-corrected chi connectivity index (χ3v) is 5.25. The van der Waals surface area contributed by atoms with E-state index >= 15 is 0 Å². The van der Waals surface area contributed by atoms with Gasteiger partial charge < -0.3 is 4.74 Å². The molecule has 0 bridgehead atoms. The summed E-state index contributed by atoms with van der Waals surface area (Å²) in [5.74, 6) is 0.0187. The average Bonchev–Trinajstić information content (AvgIpc) is 2.86. The van der Waals surface area contributed by atoms with E-state index in [-0.39, 0.29) is 16.9 Å². The van der Waals surface area contributed by atoms with Crippen molar-refractivity contribution in [3.05, 3.63) is 14.7 Å². The SMILES string of the molecule is CCOc1n[nH]c(NS(=O)(=O)c2cc(Br)sc2C)n1. The highest BCUT2D eigenvalue weighted by molar-refractivity contribution is 9.11. The molecule has 0 saturated heterocycles. The van der Waals surface area contributed by atoms with Crippen LogP contribution in [-0.2, 0) is 10.0 Å². The van der Waals surface area contributed by atoms with E-state index in [9.17, 15) is 8.42 Å². The minimum atomic E-state index is -3.68. The molecule has 0 spiro atoms. The number of hydrogen-bond donors (Lipinski definition) is 2. The standard InChI is InChI=1S/C9H11BrN4O3S2/c1-3-17-9-11-8(12-13-9)14-19(15,16)6-4-7(10)18-5(6)2/h4H,3H2,1-2H3,(H2,11,12,13,14). The van der Waals surface area contributed by atoms with Crippen LogP contribution in [0.4, 0.5) is 5.95 Å². The van der Waals surface area contributed by atoms with E-state index in [1.54, 1.807) is 19.9 Å². The van der Waals surface area contributed by atoms with Crippen LogP contribution >= 0.6 is 27.3 Å². The number of anilines is 1. The zero-order chi connectivity index (χ0) is 14.0. The van der Waals surface area contributed by atoms with Crippen molar-refractivity contribution in [1.29, 1.82) is 0 Å². The molecule has 0 atom stereocenters. The second kappa shape index (κ2) is 5.47. The maximum absolute atomic E-state index is 12.1. The molecule has 104 valence electrons. The first-order valence-corrected chi connectivity index (χ1v) is 8.35. The van der Waals surface area contributed by atoms with Gasteiger partial charge in [0.05, 0.1) is 10.4 Å². The molecule has 2 heterocycles. The van der Waals surface area contributed by atoms with Gasteiger partial charge in [-0.05, 0) is 35.8 Å². The number of nitrogens with zero attached hydrogens (tertiary/aromatic N) is 2. The molecule has 0 fully saturated rings. The Morgan fingerprint density at radius 3 is 2.89 bits per heavy atom. The number of thiophene rings is 1. The van der Waals surface area contributed by atoms with Crippen molar-refractivity contribution in [3.63, 3.8) is 0 Å². The van der Waals surface area contributed by atoms with Crippen molar-refractivity contribution in [3.8, 4) is 6.01 Å². The molecule has 0 aliphatic rings. The molecular weight excluding hydrogens is 356 g/mol. The summed E-state index contributed by atoms with van der Waals surface area (Å²) in [6, 6.07) is 1.64. The summed E-state index contributed by atoms with van der Waals surface area (Å²) in [4.78, 5) is 4.75. The summed E-state index contributed by atoms with van der Waals surface area (Å²) in [6.07, 6.45) is 0. The highest BCUT2D eigenvalue weighted by atomic mass is 79.9. The molecular formula is C9H11BrN4O3S2. The summed E-state index contributed by atoms with van der Waals surface area (Å²) in [7, 11) is -3.68. The molecule has 0 aliphatic heterocycles. The predicted octanol–water partition coefficient (Wildman–Crippen LogP) is 2.14. The maximum atomic E-state index is 12.1. The van der Waals surface area contributed by atoms with E-state index in [1.807, 2.05) is 0 Å². The van der Waals surface area contributed by atoms with Crippen molar-refractivity contribution in [2.75, 3.05) is 11.3 Å². The Morgan fingerprint density at radius 1 is 1.58 bits per heavy atom. The Kier molecular flexibility index (Phi) is 4.11. The van der Waals surface area contributed by atoms with Crippen molar-refractivity contribution >= 4 is 43.2 Å².